The fourth-order valence-electron chi connectivity index (χ4n) is 1.21. The van der Waals surface area contributed by atoms with Crippen molar-refractivity contribution in [2.75, 3.05) is 0 Å². The topological polar surface area (TPSA) is 43.8 Å². The van der Waals surface area contributed by atoms with Gasteiger partial charge in [-0.3, -0.25) is 4.68 Å². The molecule has 1 aromatic heterocycles. The molecular formula is C8H12BrN3. The summed E-state index contributed by atoms with van der Waals surface area (Å²) in [7, 11) is 0. The van der Waals surface area contributed by atoms with Gasteiger partial charge in [-0.25, -0.2) is 0 Å². The predicted octanol–water partition coefficient (Wildman–Crippen LogP) is 1.53. The van der Waals surface area contributed by atoms with Gasteiger partial charge in [-0.2, -0.15) is 5.10 Å². The van der Waals surface area contributed by atoms with Gasteiger partial charge in [-0.1, -0.05) is 0 Å². The molecule has 3 nitrogen and oxygen atoms in total. The van der Waals surface area contributed by atoms with E-state index in [2.05, 4.69) is 21.0 Å². The van der Waals surface area contributed by atoms with E-state index in [4.69, 9.17) is 5.73 Å². The van der Waals surface area contributed by atoms with Gasteiger partial charge in [0.15, 0.2) is 0 Å². The number of aromatic nitrogens is 2. The molecule has 66 valence electrons. The van der Waals surface area contributed by atoms with Crippen molar-refractivity contribution in [1.82, 2.24) is 9.78 Å². The van der Waals surface area contributed by atoms with Crippen LogP contribution in [0.1, 0.15) is 19.3 Å². The Balaban J connectivity index is 1.87. The highest BCUT2D eigenvalue weighted by atomic mass is 79.9. The monoisotopic (exact) mass is 229 g/mol. The van der Waals surface area contributed by atoms with Crippen LogP contribution in [0.3, 0.4) is 0 Å². The number of rotatable bonds is 3. The summed E-state index contributed by atoms with van der Waals surface area (Å²) >= 11 is 3.35. The van der Waals surface area contributed by atoms with Crippen molar-refractivity contribution in [3.8, 4) is 0 Å². The normalized spacial score (nSPS) is 19.5. The number of halogens is 1. The van der Waals surface area contributed by atoms with Gasteiger partial charge in [0.2, 0.25) is 0 Å². The maximum absolute atomic E-state index is 5.95. The second kappa shape index (κ2) is 2.85. The molecule has 4 heteroatoms. The standard InChI is InChI=1S/C8H12BrN3/c9-7-5-11-12(6-7)4-3-8(10)1-2-8/h5-6H,1-4,10H2. The third-order valence-electron chi connectivity index (χ3n) is 2.33. The Morgan fingerprint density at radius 1 is 1.67 bits per heavy atom. The van der Waals surface area contributed by atoms with Crippen molar-refractivity contribution in [3.63, 3.8) is 0 Å². The average molecular weight is 230 g/mol. The minimum absolute atomic E-state index is 0.137. The van der Waals surface area contributed by atoms with Gasteiger partial charge in [-0.05, 0) is 35.2 Å². The van der Waals surface area contributed by atoms with Crippen molar-refractivity contribution in [2.24, 2.45) is 5.73 Å². The van der Waals surface area contributed by atoms with E-state index in [1.54, 1.807) is 6.20 Å². The number of nitrogens with two attached hydrogens (primary N) is 1. The molecule has 1 fully saturated rings. The maximum atomic E-state index is 5.95. The van der Waals surface area contributed by atoms with Crippen LogP contribution < -0.4 is 5.73 Å². The summed E-state index contributed by atoms with van der Waals surface area (Å²) in [5, 5.41) is 4.16. The van der Waals surface area contributed by atoms with Crippen LogP contribution in [0, 0.1) is 0 Å². The van der Waals surface area contributed by atoms with Crippen LogP contribution in [0.25, 0.3) is 0 Å². The summed E-state index contributed by atoms with van der Waals surface area (Å²) in [5.74, 6) is 0. The maximum Gasteiger partial charge on any atom is 0.0632 e. The molecule has 1 aliphatic rings. The van der Waals surface area contributed by atoms with Crippen LogP contribution in [-0.4, -0.2) is 15.3 Å². The number of nitrogens with zero attached hydrogens (tertiary/aromatic N) is 2. The molecule has 1 aromatic rings. The Bertz CT molecular complexity index is 278. The molecule has 0 amide bonds. The summed E-state index contributed by atoms with van der Waals surface area (Å²) in [6, 6.07) is 0. The summed E-state index contributed by atoms with van der Waals surface area (Å²) in [6.07, 6.45) is 7.17. The van der Waals surface area contributed by atoms with Gasteiger partial charge in [0.1, 0.15) is 0 Å². The van der Waals surface area contributed by atoms with Crippen LogP contribution in [-0.2, 0) is 6.54 Å². The van der Waals surface area contributed by atoms with Gasteiger partial charge in [-0.15, -0.1) is 0 Å². The highest BCUT2D eigenvalue weighted by molar-refractivity contribution is 9.10. The number of aryl methyl sites for hydroxylation is 1. The van der Waals surface area contributed by atoms with Gasteiger partial charge >= 0.3 is 0 Å². The Morgan fingerprint density at radius 2 is 2.42 bits per heavy atom. The molecule has 0 aliphatic heterocycles. The molecule has 2 N–H and O–H groups in total. The lowest BCUT2D eigenvalue weighted by atomic mass is 10.2. The Kier molecular flexibility index (Phi) is 1.96. The average Bonchev–Trinajstić information content (AvgIpc) is 2.60. The lowest BCUT2D eigenvalue weighted by Crippen LogP contribution is -2.23. The molecule has 0 aromatic carbocycles. The van der Waals surface area contributed by atoms with Crippen molar-refractivity contribution < 1.29 is 0 Å². The number of hydrogen-bond donors (Lipinski definition) is 1. The predicted molar refractivity (Wildman–Crippen MR) is 50.7 cm³/mol. The quantitative estimate of drug-likeness (QED) is 0.855. The first kappa shape index (κ1) is 8.26. The third-order valence-corrected chi connectivity index (χ3v) is 2.74. The second-order valence-electron chi connectivity index (χ2n) is 3.53. The summed E-state index contributed by atoms with van der Waals surface area (Å²) in [5.41, 5.74) is 6.09. The lowest BCUT2D eigenvalue weighted by Gasteiger charge is -2.07. The molecule has 0 atom stereocenters. The first-order valence-corrected chi connectivity index (χ1v) is 4.94. The summed E-state index contributed by atoms with van der Waals surface area (Å²) < 4.78 is 2.96. The zero-order chi connectivity index (χ0) is 8.60. The number of hydrogen-bond acceptors (Lipinski definition) is 2. The van der Waals surface area contributed by atoms with Crippen molar-refractivity contribution in [1.29, 1.82) is 0 Å². The largest absolute Gasteiger partial charge is 0.325 e. The molecule has 0 unspecified atom stereocenters. The molecule has 12 heavy (non-hydrogen) atoms. The van der Waals surface area contributed by atoms with Crippen molar-refractivity contribution in [2.45, 2.75) is 31.3 Å². The van der Waals surface area contributed by atoms with Crippen molar-refractivity contribution in [3.05, 3.63) is 16.9 Å². The molecule has 0 spiro atoms. The van der Waals surface area contributed by atoms with Crippen molar-refractivity contribution >= 4 is 15.9 Å². The Morgan fingerprint density at radius 3 is 2.92 bits per heavy atom. The zero-order valence-corrected chi connectivity index (χ0v) is 8.42. The molecule has 0 saturated heterocycles. The minimum Gasteiger partial charge on any atom is -0.325 e. The fraction of sp³-hybridized carbons (Fsp3) is 0.625. The van der Waals surface area contributed by atoms with Gasteiger partial charge < -0.3 is 5.73 Å². The van der Waals surface area contributed by atoms with E-state index in [9.17, 15) is 0 Å². The molecule has 2 rings (SSSR count). The molecule has 0 radical (unpaired) electrons. The second-order valence-corrected chi connectivity index (χ2v) is 4.45. The van der Waals surface area contributed by atoms with E-state index < -0.39 is 0 Å². The fourth-order valence-corrected chi connectivity index (χ4v) is 1.54. The first-order valence-electron chi connectivity index (χ1n) is 4.15. The molecule has 1 saturated carbocycles. The SMILES string of the molecule is NC1(CCn2cc(Br)cn2)CC1. The van der Waals surface area contributed by atoms with Crippen LogP contribution in [0.5, 0.6) is 0 Å². The van der Waals surface area contributed by atoms with E-state index in [1.807, 2.05) is 10.9 Å². The molecule has 1 heterocycles. The minimum atomic E-state index is 0.137. The third kappa shape index (κ3) is 1.87. The van der Waals surface area contributed by atoms with Crippen LogP contribution in [0.4, 0.5) is 0 Å². The van der Waals surface area contributed by atoms with Crippen LogP contribution >= 0.6 is 15.9 Å². The molecule has 0 bridgehead atoms. The lowest BCUT2D eigenvalue weighted by molar-refractivity contribution is 0.501. The molecular weight excluding hydrogens is 218 g/mol. The van der Waals surface area contributed by atoms with E-state index in [-0.39, 0.29) is 5.54 Å². The van der Waals surface area contributed by atoms with E-state index in [1.165, 1.54) is 12.8 Å². The van der Waals surface area contributed by atoms with Gasteiger partial charge in [0, 0.05) is 18.3 Å². The van der Waals surface area contributed by atoms with E-state index in [0.717, 1.165) is 17.4 Å². The smallest absolute Gasteiger partial charge is 0.0632 e. The van der Waals surface area contributed by atoms with Gasteiger partial charge in [0.05, 0.1) is 10.7 Å². The summed E-state index contributed by atoms with van der Waals surface area (Å²) in [6.45, 7) is 0.933. The molecule has 1 aliphatic carbocycles. The Hall–Kier alpha value is -0.350. The van der Waals surface area contributed by atoms with Crippen LogP contribution in [0.2, 0.25) is 0 Å². The highest BCUT2D eigenvalue weighted by Crippen LogP contribution is 2.35. The first-order chi connectivity index (χ1) is 5.68. The Labute approximate surface area is 80.1 Å². The zero-order valence-electron chi connectivity index (χ0n) is 6.83. The van der Waals surface area contributed by atoms with E-state index in [0.29, 0.717) is 0 Å². The van der Waals surface area contributed by atoms with E-state index >= 15 is 0 Å². The summed E-state index contributed by atoms with van der Waals surface area (Å²) in [4.78, 5) is 0. The van der Waals surface area contributed by atoms with Crippen LogP contribution in [0.15, 0.2) is 16.9 Å². The highest BCUT2D eigenvalue weighted by Gasteiger charge is 2.37. The van der Waals surface area contributed by atoms with Gasteiger partial charge in [0.25, 0.3) is 0 Å².